The monoisotopic (exact) mass is 439 g/mol. The van der Waals surface area contributed by atoms with E-state index in [9.17, 15) is 4.79 Å². The Morgan fingerprint density at radius 2 is 1.30 bits per heavy atom. The predicted octanol–water partition coefficient (Wildman–Crippen LogP) is 6.56. The second-order valence-corrected chi connectivity index (χ2v) is 7.24. The molecule has 0 bridgehead atoms. The molecule has 3 aromatic rings. The first-order chi connectivity index (χ1) is 12.9. The van der Waals surface area contributed by atoms with E-state index in [2.05, 4.69) is 5.43 Å². The first kappa shape index (κ1) is 19.8. The van der Waals surface area contributed by atoms with E-state index in [4.69, 9.17) is 52.2 Å². The van der Waals surface area contributed by atoms with Gasteiger partial charge in [0.1, 0.15) is 0 Å². The number of nitrogens with one attached hydrogen (secondary N) is 1. The molecular weight excluding hydrogens is 428 g/mol. The van der Waals surface area contributed by atoms with Crippen LogP contribution in [0.1, 0.15) is 10.4 Å². The molecule has 0 saturated carbocycles. The Labute approximate surface area is 176 Å². The normalized spacial score (nSPS) is 10.6. The summed E-state index contributed by atoms with van der Waals surface area (Å²) >= 11 is 24.8. The highest BCUT2D eigenvalue weighted by atomic mass is 35.5. The first-order valence-electron chi connectivity index (χ1n) is 7.72. The molecule has 0 spiro atoms. The molecule has 0 atom stereocenters. The summed E-state index contributed by atoms with van der Waals surface area (Å²) in [7, 11) is 0. The van der Waals surface area contributed by atoms with Crippen molar-refractivity contribution < 1.29 is 4.79 Å². The SMILES string of the molecule is NNc1cc(Cl)c(N(C(=O)c2ccc(Cl)cc2)c2ccc(Cl)cc2)c(Cl)c1. The molecule has 0 aliphatic rings. The predicted molar refractivity (Wildman–Crippen MR) is 114 cm³/mol. The molecule has 3 aromatic carbocycles. The number of benzene rings is 3. The van der Waals surface area contributed by atoms with Crippen LogP contribution in [0.15, 0.2) is 60.7 Å². The minimum absolute atomic E-state index is 0.257. The second kappa shape index (κ2) is 8.38. The molecule has 138 valence electrons. The molecule has 0 aliphatic heterocycles. The molecule has 1 amide bonds. The third-order valence-electron chi connectivity index (χ3n) is 3.79. The van der Waals surface area contributed by atoms with Gasteiger partial charge in [0.25, 0.3) is 5.91 Å². The van der Waals surface area contributed by atoms with Crippen molar-refractivity contribution in [3.63, 3.8) is 0 Å². The second-order valence-electron chi connectivity index (χ2n) is 5.56. The minimum Gasteiger partial charge on any atom is -0.324 e. The summed E-state index contributed by atoms with van der Waals surface area (Å²) in [5, 5.41) is 1.58. The van der Waals surface area contributed by atoms with Gasteiger partial charge in [-0.05, 0) is 60.7 Å². The van der Waals surface area contributed by atoms with Crippen LogP contribution in [0.2, 0.25) is 20.1 Å². The number of nitrogen functional groups attached to an aromatic ring is 1. The van der Waals surface area contributed by atoms with Gasteiger partial charge in [-0.2, -0.15) is 0 Å². The van der Waals surface area contributed by atoms with Crippen molar-refractivity contribution in [1.29, 1.82) is 0 Å². The van der Waals surface area contributed by atoms with Crippen LogP contribution < -0.4 is 16.2 Å². The lowest BCUT2D eigenvalue weighted by molar-refractivity contribution is 0.0999. The van der Waals surface area contributed by atoms with E-state index in [0.29, 0.717) is 32.7 Å². The van der Waals surface area contributed by atoms with Gasteiger partial charge < -0.3 is 5.43 Å². The molecule has 4 nitrogen and oxygen atoms in total. The number of hydrogen-bond donors (Lipinski definition) is 2. The van der Waals surface area contributed by atoms with Gasteiger partial charge in [0, 0.05) is 21.3 Å². The molecule has 0 radical (unpaired) electrons. The number of carbonyl (C=O) groups is 1. The maximum Gasteiger partial charge on any atom is 0.262 e. The van der Waals surface area contributed by atoms with E-state index < -0.39 is 0 Å². The summed E-state index contributed by atoms with van der Waals surface area (Å²) in [6, 6.07) is 16.5. The number of hydrogen-bond acceptors (Lipinski definition) is 3. The van der Waals surface area contributed by atoms with Crippen molar-refractivity contribution in [1.82, 2.24) is 0 Å². The van der Waals surface area contributed by atoms with Crippen molar-refractivity contribution in [3.05, 3.63) is 86.3 Å². The van der Waals surface area contributed by atoms with Gasteiger partial charge in [0.2, 0.25) is 0 Å². The maximum atomic E-state index is 13.3. The lowest BCUT2D eigenvalue weighted by Crippen LogP contribution is -2.26. The first-order valence-corrected chi connectivity index (χ1v) is 9.23. The van der Waals surface area contributed by atoms with Crippen molar-refractivity contribution in [2.75, 3.05) is 10.3 Å². The Bertz CT molecular complexity index is 952. The summed E-state index contributed by atoms with van der Waals surface area (Å²) in [6.07, 6.45) is 0. The maximum absolute atomic E-state index is 13.3. The number of carbonyl (C=O) groups excluding carboxylic acids is 1. The van der Waals surface area contributed by atoms with Crippen LogP contribution in [0, 0.1) is 0 Å². The highest BCUT2D eigenvalue weighted by Crippen LogP contribution is 2.41. The summed E-state index contributed by atoms with van der Waals surface area (Å²) in [6.45, 7) is 0. The van der Waals surface area contributed by atoms with Crippen LogP contribution in [-0.4, -0.2) is 5.91 Å². The number of halogens is 4. The summed E-state index contributed by atoms with van der Waals surface area (Å²) in [5.41, 5.74) is 4.31. The zero-order chi connectivity index (χ0) is 19.6. The third kappa shape index (κ3) is 4.32. The van der Waals surface area contributed by atoms with Crippen molar-refractivity contribution in [3.8, 4) is 0 Å². The molecule has 0 aliphatic carbocycles. The van der Waals surface area contributed by atoms with Gasteiger partial charge in [0.15, 0.2) is 0 Å². The number of nitrogens with two attached hydrogens (primary N) is 1. The summed E-state index contributed by atoms with van der Waals surface area (Å²) in [5.74, 6) is 5.10. The average molecular weight is 441 g/mol. The average Bonchev–Trinajstić information content (AvgIpc) is 2.65. The molecule has 27 heavy (non-hydrogen) atoms. The zero-order valence-corrected chi connectivity index (χ0v) is 16.7. The van der Waals surface area contributed by atoms with Crippen LogP contribution in [-0.2, 0) is 0 Å². The molecule has 3 N–H and O–H groups in total. The topological polar surface area (TPSA) is 58.4 Å². The van der Waals surface area contributed by atoms with E-state index >= 15 is 0 Å². The van der Waals surface area contributed by atoms with E-state index in [-0.39, 0.29) is 16.0 Å². The number of anilines is 3. The smallest absolute Gasteiger partial charge is 0.262 e. The van der Waals surface area contributed by atoms with Crippen LogP contribution in [0.4, 0.5) is 17.1 Å². The quantitative estimate of drug-likeness (QED) is 0.356. The van der Waals surface area contributed by atoms with Gasteiger partial charge in [-0.15, -0.1) is 0 Å². The lowest BCUT2D eigenvalue weighted by Gasteiger charge is -2.26. The lowest BCUT2D eigenvalue weighted by atomic mass is 10.1. The van der Waals surface area contributed by atoms with Crippen LogP contribution in [0.5, 0.6) is 0 Å². The zero-order valence-electron chi connectivity index (χ0n) is 13.7. The number of rotatable bonds is 4. The highest BCUT2D eigenvalue weighted by molar-refractivity contribution is 6.41. The van der Waals surface area contributed by atoms with Gasteiger partial charge in [-0.1, -0.05) is 46.4 Å². The Morgan fingerprint density at radius 1 is 0.815 bits per heavy atom. The van der Waals surface area contributed by atoms with E-state index in [0.717, 1.165) is 0 Å². The summed E-state index contributed by atoms with van der Waals surface area (Å²) in [4.78, 5) is 14.7. The van der Waals surface area contributed by atoms with Crippen molar-refractivity contribution in [2.24, 2.45) is 5.84 Å². The Balaban J connectivity index is 2.18. The van der Waals surface area contributed by atoms with E-state index in [1.54, 1.807) is 60.7 Å². The van der Waals surface area contributed by atoms with E-state index in [1.165, 1.54) is 4.90 Å². The minimum atomic E-state index is -0.328. The third-order valence-corrected chi connectivity index (χ3v) is 4.87. The Kier molecular flexibility index (Phi) is 6.15. The molecule has 3 rings (SSSR count). The number of nitrogens with zero attached hydrogens (tertiary/aromatic N) is 1. The van der Waals surface area contributed by atoms with Crippen LogP contribution >= 0.6 is 46.4 Å². The van der Waals surface area contributed by atoms with Crippen molar-refractivity contribution in [2.45, 2.75) is 0 Å². The van der Waals surface area contributed by atoms with Gasteiger partial charge >= 0.3 is 0 Å². The fourth-order valence-electron chi connectivity index (χ4n) is 2.52. The largest absolute Gasteiger partial charge is 0.324 e. The molecular formula is C19H13Cl4N3O. The van der Waals surface area contributed by atoms with Gasteiger partial charge in [-0.3, -0.25) is 15.5 Å². The Hall–Kier alpha value is -1.95. The molecule has 0 fully saturated rings. The van der Waals surface area contributed by atoms with E-state index in [1.807, 2.05) is 0 Å². The van der Waals surface area contributed by atoms with Gasteiger partial charge in [0.05, 0.1) is 21.4 Å². The molecule has 8 heteroatoms. The fourth-order valence-corrected chi connectivity index (χ4v) is 3.43. The molecule has 0 aromatic heterocycles. The number of hydrazine groups is 1. The standard InChI is InChI=1S/C19H13Cl4N3O/c20-12-3-1-11(2-4-12)19(27)26(15-7-5-13(21)6-8-15)18-16(22)9-14(25-24)10-17(18)23/h1-10,25H,24H2. The molecule has 0 saturated heterocycles. The van der Waals surface area contributed by atoms with Crippen LogP contribution in [0.25, 0.3) is 0 Å². The van der Waals surface area contributed by atoms with Crippen LogP contribution in [0.3, 0.4) is 0 Å². The Morgan fingerprint density at radius 3 is 1.78 bits per heavy atom. The molecule has 0 unspecified atom stereocenters. The highest BCUT2D eigenvalue weighted by Gasteiger charge is 2.25. The molecule has 0 heterocycles. The van der Waals surface area contributed by atoms with Crippen molar-refractivity contribution >= 4 is 69.4 Å². The number of amides is 1. The fraction of sp³-hybridized carbons (Fsp3) is 0. The summed E-state index contributed by atoms with van der Waals surface area (Å²) < 4.78 is 0. The van der Waals surface area contributed by atoms with Gasteiger partial charge in [-0.25, -0.2) is 0 Å².